The smallest absolute Gasteiger partial charge is 0.0868 e. The number of ether oxygens (including phenoxy) is 2. The molecule has 1 unspecified atom stereocenters. The molecule has 1 atom stereocenters. The largest absolute Gasteiger partial charge is 0.380 e. The highest BCUT2D eigenvalue weighted by atomic mass is 16.5. The molecule has 1 N–H and O–H groups in total. The standard InChI is InChI=1S/C12H23NO2/c1-4-14-7-10-12(15-6-5-13-10)8-11(2,3)9-12/h10,13H,4-9H2,1-3H3. The molecule has 1 aliphatic carbocycles. The fourth-order valence-corrected chi connectivity index (χ4v) is 3.14. The van der Waals surface area contributed by atoms with Gasteiger partial charge in [0.15, 0.2) is 0 Å². The molecule has 1 saturated carbocycles. The Bertz CT molecular complexity index is 220. The Balaban J connectivity index is 1.95. The van der Waals surface area contributed by atoms with Crippen molar-refractivity contribution in [3.05, 3.63) is 0 Å². The molecule has 0 aromatic carbocycles. The van der Waals surface area contributed by atoms with Gasteiger partial charge in [0, 0.05) is 13.2 Å². The summed E-state index contributed by atoms with van der Waals surface area (Å²) in [6.07, 6.45) is 2.31. The van der Waals surface area contributed by atoms with Crippen molar-refractivity contribution in [2.75, 3.05) is 26.4 Å². The molecule has 0 aromatic rings. The van der Waals surface area contributed by atoms with E-state index < -0.39 is 0 Å². The molecule has 3 nitrogen and oxygen atoms in total. The van der Waals surface area contributed by atoms with E-state index in [1.165, 1.54) is 0 Å². The van der Waals surface area contributed by atoms with Gasteiger partial charge < -0.3 is 14.8 Å². The van der Waals surface area contributed by atoms with Gasteiger partial charge in [-0.2, -0.15) is 0 Å². The summed E-state index contributed by atoms with van der Waals surface area (Å²) in [5.74, 6) is 0. The van der Waals surface area contributed by atoms with Crippen molar-refractivity contribution in [3.8, 4) is 0 Å². The van der Waals surface area contributed by atoms with Gasteiger partial charge >= 0.3 is 0 Å². The summed E-state index contributed by atoms with van der Waals surface area (Å²) in [6, 6.07) is 0.388. The molecule has 0 radical (unpaired) electrons. The molecule has 1 aliphatic heterocycles. The first kappa shape index (κ1) is 11.4. The van der Waals surface area contributed by atoms with Crippen LogP contribution in [0.15, 0.2) is 0 Å². The van der Waals surface area contributed by atoms with Crippen molar-refractivity contribution >= 4 is 0 Å². The van der Waals surface area contributed by atoms with Gasteiger partial charge in [-0.15, -0.1) is 0 Å². The van der Waals surface area contributed by atoms with Crippen LogP contribution in [0.25, 0.3) is 0 Å². The van der Waals surface area contributed by atoms with Gasteiger partial charge in [0.25, 0.3) is 0 Å². The van der Waals surface area contributed by atoms with Crippen LogP contribution < -0.4 is 5.32 Å². The molecule has 0 bridgehead atoms. The second-order valence-corrected chi connectivity index (χ2v) is 5.60. The maximum atomic E-state index is 6.00. The average Bonchev–Trinajstić information content (AvgIpc) is 2.14. The van der Waals surface area contributed by atoms with Crippen molar-refractivity contribution in [2.24, 2.45) is 5.41 Å². The first-order valence-electron chi connectivity index (χ1n) is 6.03. The minimum absolute atomic E-state index is 0.0664. The third-order valence-corrected chi connectivity index (χ3v) is 3.56. The van der Waals surface area contributed by atoms with E-state index in [1.54, 1.807) is 0 Å². The van der Waals surface area contributed by atoms with Crippen LogP contribution in [-0.4, -0.2) is 38.0 Å². The zero-order valence-corrected chi connectivity index (χ0v) is 10.1. The van der Waals surface area contributed by atoms with E-state index in [0.717, 1.165) is 39.2 Å². The Morgan fingerprint density at radius 2 is 2.13 bits per heavy atom. The summed E-state index contributed by atoms with van der Waals surface area (Å²) >= 11 is 0. The van der Waals surface area contributed by atoms with Gasteiger partial charge in [-0.1, -0.05) is 13.8 Å². The van der Waals surface area contributed by atoms with E-state index in [1.807, 2.05) is 6.92 Å². The SMILES string of the molecule is CCOCC1NCCOC12CC(C)(C)C2. The lowest BCUT2D eigenvalue weighted by Crippen LogP contribution is -2.67. The van der Waals surface area contributed by atoms with Crippen molar-refractivity contribution in [2.45, 2.75) is 45.3 Å². The molecule has 2 aliphatic rings. The predicted molar refractivity (Wildman–Crippen MR) is 60.0 cm³/mol. The highest BCUT2D eigenvalue weighted by Gasteiger charge is 2.55. The minimum Gasteiger partial charge on any atom is -0.380 e. The van der Waals surface area contributed by atoms with Crippen LogP contribution in [0.1, 0.15) is 33.6 Å². The number of nitrogens with one attached hydrogen (secondary N) is 1. The molecule has 1 spiro atoms. The molecule has 1 saturated heterocycles. The Morgan fingerprint density at radius 1 is 1.40 bits per heavy atom. The topological polar surface area (TPSA) is 30.5 Å². The van der Waals surface area contributed by atoms with Gasteiger partial charge in [0.1, 0.15) is 0 Å². The van der Waals surface area contributed by atoms with Gasteiger partial charge in [-0.3, -0.25) is 0 Å². The Labute approximate surface area is 92.5 Å². The number of hydrogen-bond donors (Lipinski definition) is 1. The van der Waals surface area contributed by atoms with Crippen LogP contribution in [0, 0.1) is 5.41 Å². The number of rotatable bonds is 3. The normalized spacial score (nSPS) is 32.6. The summed E-state index contributed by atoms with van der Waals surface area (Å²) in [5, 5.41) is 3.53. The van der Waals surface area contributed by atoms with Crippen molar-refractivity contribution < 1.29 is 9.47 Å². The molecule has 1 heterocycles. The predicted octanol–water partition coefficient (Wildman–Crippen LogP) is 1.57. The molecule has 0 aromatic heterocycles. The second kappa shape index (κ2) is 4.04. The van der Waals surface area contributed by atoms with Crippen LogP contribution >= 0.6 is 0 Å². The Kier molecular flexibility index (Phi) is 3.06. The third kappa shape index (κ3) is 2.19. The quantitative estimate of drug-likeness (QED) is 0.772. The lowest BCUT2D eigenvalue weighted by atomic mass is 9.58. The fourth-order valence-electron chi connectivity index (χ4n) is 3.14. The van der Waals surface area contributed by atoms with Crippen LogP contribution in [0.4, 0.5) is 0 Å². The maximum Gasteiger partial charge on any atom is 0.0868 e. The lowest BCUT2D eigenvalue weighted by molar-refractivity contribution is -0.201. The lowest BCUT2D eigenvalue weighted by Gasteiger charge is -2.58. The summed E-state index contributed by atoms with van der Waals surface area (Å²) in [7, 11) is 0. The van der Waals surface area contributed by atoms with Gasteiger partial charge in [0.05, 0.1) is 24.9 Å². The fraction of sp³-hybridized carbons (Fsp3) is 1.00. The highest BCUT2D eigenvalue weighted by Crippen LogP contribution is 2.52. The molecule has 15 heavy (non-hydrogen) atoms. The average molecular weight is 213 g/mol. The van der Waals surface area contributed by atoms with Crippen LogP contribution in [0.2, 0.25) is 0 Å². The first-order valence-corrected chi connectivity index (χ1v) is 6.03. The first-order chi connectivity index (χ1) is 7.08. The van der Waals surface area contributed by atoms with E-state index >= 15 is 0 Å². The zero-order valence-electron chi connectivity index (χ0n) is 10.1. The zero-order chi connectivity index (χ0) is 10.9. The Morgan fingerprint density at radius 3 is 2.73 bits per heavy atom. The van der Waals surface area contributed by atoms with E-state index in [0.29, 0.717) is 11.5 Å². The third-order valence-electron chi connectivity index (χ3n) is 3.56. The van der Waals surface area contributed by atoms with Crippen molar-refractivity contribution in [1.29, 1.82) is 0 Å². The molecule has 88 valence electrons. The van der Waals surface area contributed by atoms with Crippen LogP contribution in [-0.2, 0) is 9.47 Å². The summed E-state index contributed by atoms with van der Waals surface area (Å²) in [5.41, 5.74) is 0.514. The van der Waals surface area contributed by atoms with E-state index in [-0.39, 0.29) is 5.60 Å². The summed E-state index contributed by atoms with van der Waals surface area (Å²) in [6.45, 7) is 10.0. The molecule has 0 amide bonds. The highest BCUT2D eigenvalue weighted by molar-refractivity contribution is 5.09. The summed E-state index contributed by atoms with van der Waals surface area (Å²) < 4.78 is 11.5. The summed E-state index contributed by atoms with van der Waals surface area (Å²) in [4.78, 5) is 0. The minimum atomic E-state index is 0.0664. The van der Waals surface area contributed by atoms with Gasteiger partial charge in [-0.25, -0.2) is 0 Å². The van der Waals surface area contributed by atoms with Gasteiger partial charge in [0.2, 0.25) is 0 Å². The van der Waals surface area contributed by atoms with Crippen molar-refractivity contribution in [3.63, 3.8) is 0 Å². The second-order valence-electron chi connectivity index (χ2n) is 5.60. The van der Waals surface area contributed by atoms with Gasteiger partial charge in [-0.05, 0) is 25.2 Å². The molecule has 2 fully saturated rings. The monoisotopic (exact) mass is 213 g/mol. The number of morpholine rings is 1. The maximum absolute atomic E-state index is 6.00. The van der Waals surface area contributed by atoms with Crippen LogP contribution in [0.3, 0.4) is 0 Å². The molecular formula is C12H23NO2. The van der Waals surface area contributed by atoms with Crippen LogP contribution in [0.5, 0.6) is 0 Å². The van der Waals surface area contributed by atoms with Crippen molar-refractivity contribution in [1.82, 2.24) is 5.32 Å². The van der Waals surface area contributed by atoms with E-state index in [9.17, 15) is 0 Å². The molecule has 2 rings (SSSR count). The Hall–Kier alpha value is -0.120. The molecular weight excluding hydrogens is 190 g/mol. The van der Waals surface area contributed by atoms with E-state index in [2.05, 4.69) is 19.2 Å². The number of hydrogen-bond acceptors (Lipinski definition) is 3. The van der Waals surface area contributed by atoms with E-state index in [4.69, 9.17) is 9.47 Å². The molecule has 3 heteroatoms.